The fraction of sp³-hybridized carbons (Fsp3) is 0.211. The smallest absolute Gasteiger partial charge is 0.332 e. The lowest BCUT2D eigenvalue weighted by Gasteiger charge is -2.18. The Balaban J connectivity index is 2.42. The second-order valence-electron chi connectivity index (χ2n) is 6.42. The van der Waals surface area contributed by atoms with Crippen LogP contribution in [0.15, 0.2) is 39.9 Å². The molecule has 10 heteroatoms. The van der Waals surface area contributed by atoms with Crippen LogP contribution in [0.25, 0.3) is 10.9 Å². The van der Waals surface area contributed by atoms with Crippen LogP contribution in [-0.2, 0) is 17.9 Å². The van der Waals surface area contributed by atoms with E-state index in [-0.39, 0.29) is 28.0 Å². The number of carboxylic acids is 1. The van der Waals surface area contributed by atoms with E-state index in [1.54, 1.807) is 12.1 Å². The average Bonchev–Trinajstić information content (AvgIpc) is 2.63. The number of hydrogen-bond acceptors (Lipinski definition) is 4. The van der Waals surface area contributed by atoms with Crippen LogP contribution >= 0.6 is 34.8 Å². The molecule has 3 rings (SSSR count). The molecule has 0 aliphatic rings. The molecule has 0 aliphatic heterocycles. The number of rotatable bonds is 5. The van der Waals surface area contributed by atoms with Crippen molar-refractivity contribution in [1.82, 2.24) is 9.13 Å². The van der Waals surface area contributed by atoms with Gasteiger partial charge >= 0.3 is 11.7 Å². The van der Waals surface area contributed by atoms with Crippen molar-refractivity contribution in [2.75, 3.05) is 0 Å². The van der Waals surface area contributed by atoms with Gasteiger partial charge in [0.25, 0.3) is 5.56 Å². The number of nitrogens with zero attached hydrogens (tertiary/aromatic N) is 2. The Morgan fingerprint density at radius 2 is 1.76 bits per heavy atom. The molecular formula is C19H15Cl3N2O5. The molecule has 7 nitrogen and oxygen atoms in total. The number of carbonyl (C=O) groups is 1. The quantitative estimate of drug-likeness (QED) is 0.612. The Bertz CT molecular complexity index is 1250. The van der Waals surface area contributed by atoms with Gasteiger partial charge in [0.05, 0.1) is 23.6 Å². The second-order valence-corrected chi connectivity index (χ2v) is 7.67. The minimum Gasteiger partial charge on any atom is -0.480 e. The lowest BCUT2D eigenvalue weighted by atomic mass is 10.0. The molecule has 152 valence electrons. The maximum atomic E-state index is 13.0. The van der Waals surface area contributed by atoms with Gasteiger partial charge in [-0.1, -0.05) is 40.9 Å². The summed E-state index contributed by atoms with van der Waals surface area (Å²) in [5.41, 5.74) is -0.815. The minimum absolute atomic E-state index is 0.0292. The van der Waals surface area contributed by atoms with Crippen LogP contribution in [0.2, 0.25) is 15.1 Å². The molecule has 0 saturated heterocycles. The predicted molar refractivity (Wildman–Crippen MR) is 111 cm³/mol. The Morgan fingerprint density at radius 1 is 1.07 bits per heavy atom. The second kappa shape index (κ2) is 8.20. The molecule has 29 heavy (non-hydrogen) atoms. The normalized spacial score (nSPS) is 12.3. The zero-order valence-corrected chi connectivity index (χ0v) is 17.3. The highest BCUT2D eigenvalue weighted by Gasteiger charge is 2.22. The minimum atomic E-state index is -1.36. The summed E-state index contributed by atoms with van der Waals surface area (Å²) in [7, 11) is 0. The van der Waals surface area contributed by atoms with E-state index in [4.69, 9.17) is 39.9 Å². The third-order valence-corrected chi connectivity index (χ3v) is 5.35. The topological polar surface area (TPSA) is 102 Å². The van der Waals surface area contributed by atoms with Gasteiger partial charge < -0.3 is 10.2 Å². The van der Waals surface area contributed by atoms with E-state index < -0.39 is 29.9 Å². The molecule has 2 N–H and O–H groups in total. The molecule has 0 amide bonds. The molecule has 2 aromatic carbocycles. The van der Waals surface area contributed by atoms with E-state index in [1.165, 1.54) is 29.7 Å². The maximum Gasteiger partial charge on any atom is 0.332 e. The first-order valence-corrected chi connectivity index (χ1v) is 9.54. The first-order chi connectivity index (χ1) is 13.6. The highest BCUT2D eigenvalue weighted by molar-refractivity contribution is 6.35. The van der Waals surface area contributed by atoms with Gasteiger partial charge in [-0.3, -0.25) is 14.2 Å². The summed E-state index contributed by atoms with van der Waals surface area (Å²) in [6.07, 6.45) is -1.12. The molecule has 0 spiro atoms. The molecule has 1 heterocycles. The van der Waals surface area contributed by atoms with Gasteiger partial charge in [0.1, 0.15) is 6.54 Å². The lowest BCUT2D eigenvalue weighted by molar-refractivity contribution is -0.137. The van der Waals surface area contributed by atoms with Crippen LogP contribution < -0.4 is 11.2 Å². The number of aliphatic hydroxyl groups is 1. The Hall–Kier alpha value is -2.32. The zero-order chi connectivity index (χ0) is 21.5. The summed E-state index contributed by atoms with van der Waals surface area (Å²) < 4.78 is 1.81. The van der Waals surface area contributed by atoms with Gasteiger partial charge in [-0.25, -0.2) is 9.36 Å². The summed E-state index contributed by atoms with van der Waals surface area (Å²) in [4.78, 5) is 37.2. The highest BCUT2D eigenvalue weighted by Crippen LogP contribution is 2.29. The van der Waals surface area contributed by atoms with Crippen molar-refractivity contribution in [2.24, 2.45) is 0 Å². The van der Waals surface area contributed by atoms with Crippen LogP contribution in [-0.4, -0.2) is 25.3 Å². The van der Waals surface area contributed by atoms with Crippen molar-refractivity contribution in [3.05, 3.63) is 77.4 Å². The fourth-order valence-corrected chi connectivity index (χ4v) is 3.94. The van der Waals surface area contributed by atoms with Gasteiger partial charge in [0, 0.05) is 20.6 Å². The zero-order valence-electron chi connectivity index (χ0n) is 15.0. The Labute approximate surface area is 179 Å². The van der Waals surface area contributed by atoms with Crippen LogP contribution in [0.3, 0.4) is 0 Å². The van der Waals surface area contributed by atoms with Crippen molar-refractivity contribution in [3.63, 3.8) is 0 Å². The van der Waals surface area contributed by atoms with Gasteiger partial charge in [0.15, 0.2) is 0 Å². The number of benzene rings is 2. The number of hydrogen-bond donors (Lipinski definition) is 2. The van der Waals surface area contributed by atoms with Crippen molar-refractivity contribution in [3.8, 4) is 0 Å². The third-order valence-electron chi connectivity index (χ3n) is 4.44. The molecule has 3 aromatic rings. The summed E-state index contributed by atoms with van der Waals surface area (Å²) in [6, 6.07) is 7.67. The van der Waals surface area contributed by atoms with Crippen LogP contribution in [0.1, 0.15) is 24.2 Å². The van der Waals surface area contributed by atoms with E-state index in [1.807, 2.05) is 0 Å². The molecule has 0 fully saturated rings. The molecule has 1 aromatic heterocycles. The first kappa shape index (κ1) is 21.4. The van der Waals surface area contributed by atoms with Crippen LogP contribution in [0.4, 0.5) is 0 Å². The van der Waals surface area contributed by atoms with Gasteiger partial charge in [0.2, 0.25) is 0 Å². The predicted octanol–water partition coefficient (Wildman–Crippen LogP) is 3.31. The highest BCUT2D eigenvalue weighted by atomic mass is 35.5. The molecule has 0 saturated carbocycles. The summed E-state index contributed by atoms with van der Waals surface area (Å²) >= 11 is 18.3. The number of aromatic nitrogens is 2. The van der Waals surface area contributed by atoms with E-state index >= 15 is 0 Å². The number of aliphatic carboxylic acids is 1. The maximum absolute atomic E-state index is 13.0. The van der Waals surface area contributed by atoms with Crippen molar-refractivity contribution in [1.29, 1.82) is 0 Å². The molecule has 1 unspecified atom stereocenters. The number of aliphatic hydroxyl groups excluding tert-OH is 1. The Kier molecular flexibility index (Phi) is 6.05. The summed E-state index contributed by atoms with van der Waals surface area (Å²) in [5.74, 6) is -1.36. The van der Waals surface area contributed by atoms with Crippen molar-refractivity contribution >= 4 is 51.7 Å². The van der Waals surface area contributed by atoms with E-state index in [2.05, 4.69) is 0 Å². The van der Waals surface area contributed by atoms with E-state index in [0.717, 1.165) is 0 Å². The lowest BCUT2D eigenvalue weighted by Crippen LogP contribution is -2.42. The standard InChI is InChI=1S/C19H15Cl3N2O5/c1-9(25)16-12(21)4-5-14-17(16)18(28)24(8-15(26)27)19(29)23(14)7-10-2-3-11(20)6-13(10)22/h2-6,9,25H,7-8H2,1H3,(H,26,27). The van der Waals surface area contributed by atoms with E-state index in [0.29, 0.717) is 20.2 Å². The number of fused-ring (bicyclic) bond motifs is 1. The van der Waals surface area contributed by atoms with Crippen LogP contribution in [0.5, 0.6) is 0 Å². The van der Waals surface area contributed by atoms with E-state index in [9.17, 15) is 19.5 Å². The van der Waals surface area contributed by atoms with Gasteiger partial charge in [-0.15, -0.1) is 0 Å². The number of halogens is 3. The molecule has 1 atom stereocenters. The SMILES string of the molecule is CC(O)c1c(Cl)ccc2c1c(=O)n(CC(=O)O)c(=O)n2Cc1ccc(Cl)cc1Cl. The largest absolute Gasteiger partial charge is 0.480 e. The molecule has 0 bridgehead atoms. The fourth-order valence-electron chi connectivity index (χ4n) is 3.16. The summed E-state index contributed by atoms with van der Waals surface area (Å²) in [6.45, 7) is 0.535. The Morgan fingerprint density at radius 3 is 2.34 bits per heavy atom. The molecule has 0 aliphatic carbocycles. The summed E-state index contributed by atoms with van der Waals surface area (Å²) in [5, 5.41) is 20.1. The number of carboxylic acid groups (broad SMARTS) is 1. The monoisotopic (exact) mass is 456 g/mol. The first-order valence-electron chi connectivity index (χ1n) is 8.41. The molecule has 0 radical (unpaired) electrons. The molecular weight excluding hydrogens is 443 g/mol. The van der Waals surface area contributed by atoms with Crippen LogP contribution in [0, 0.1) is 0 Å². The van der Waals surface area contributed by atoms with Crippen molar-refractivity contribution < 1.29 is 15.0 Å². The van der Waals surface area contributed by atoms with Gasteiger partial charge in [-0.05, 0) is 36.8 Å². The van der Waals surface area contributed by atoms with Gasteiger partial charge in [-0.2, -0.15) is 0 Å². The third kappa shape index (κ3) is 4.04. The average molecular weight is 458 g/mol. The van der Waals surface area contributed by atoms with Crippen molar-refractivity contribution in [2.45, 2.75) is 26.1 Å².